The molecular formula is C37H73NO6S. The number of aliphatic hydroxyl groups excluding tert-OH is 2. The average molecular weight is 660 g/mol. The first-order valence-corrected chi connectivity index (χ1v) is 20.6. The molecule has 0 fully saturated rings. The van der Waals surface area contributed by atoms with Crippen LogP contribution >= 0.6 is 0 Å². The lowest BCUT2D eigenvalue weighted by Crippen LogP contribution is -2.50. The summed E-state index contributed by atoms with van der Waals surface area (Å²) in [6.07, 6.45) is 34.1. The van der Waals surface area contributed by atoms with Gasteiger partial charge in [-0.1, -0.05) is 187 Å². The Balaban J connectivity index is 4.07. The van der Waals surface area contributed by atoms with Crippen molar-refractivity contribution in [1.82, 2.24) is 5.32 Å². The molecule has 0 saturated heterocycles. The van der Waals surface area contributed by atoms with Crippen LogP contribution in [0.1, 0.15) is 194 Å². The maximum absolute atomic E-state index is 12.5. The van der Waals surface area contributed by atoms with Gasteiger partial charge in [-0.3, -0.25) is 9.35 Å². The minimum absolute atomic E-state index is 0.284. The van der Waals surface area contributed by atoms with E-state index in [0.717, 1.165) is 38.5 Å². The van der Waals surface area contributed by atoms with Gasteiger partial charge in [0.25, 0.3) is 10.1 Å². The fraction of sp³-hybridized carbons (Fsp3) is 0.919. The second-order valence-electron chi connectivity index (χ2n) is 13.4. The Morgan fingerprint density at radius 1 is 0.600 bits per heavy atom. The van der Waals surface area contributed by atoms with Crippen LogP contribution in [-0.4, -0.2) is 53.1 Å². The second kappa shape index (κ2) is 31.6. The number of unbranched alkanes of at least 4 members (excludes halogenated alkanes) is 25. The molecule has 0 aromatic carbocycles. The van der Waals surface area contributed by atoms with Crippen LogP contribution in [0.2, 0.25) is 0 Å². The molecule has 4 N–H and O–H groups in total. The molecule has 0 spiro atoms. The molecule has 45 heavy (non-hydrogen) atoms. The van der Waals surface area contributed by atoms with Crippen LogP contribution in [0.5, 0.6) is 0 Å². The van der Waals surface area contributed by atoms with E-state index >= 15 is 0 Å². The zero-order chi connectivity index (χ0) is 33.4. The largest absolute Gasteiger partial charge is 0.387 e. The molecule has 7 nitrogen and oxygen atoms in total. The Morgan fingerprint density at radius 3 is 1.33 bits per heavy atom. The molecule has 0 saturated carbocycles. The SMILES string of the molecule is CCCCCCCCCCCCCCCCC/C=C/C(O)C(CS(=O)(=O)O)NC(=O)C(O)CCCCCCCCCCCCC. The zero-order valence-corrected chi connectivity index (χ0v) is 30.2. The number of hydrogen-bond donors (Lipinski definition) is 4. The molecule has 0 bridgehead atoms. The molecule has 0 radical (unpaired) electrons. The van der Waals surface area contributed by atoms with Crippen LogP contribution in [0.25, 0.3) is 0 Å². The van der Waals surface area contributed by atoms with E-state index in [2.05, 4.69) is 19.2 Å². The summed E-state index contributed by atoms with van der Waals surface area (Å²) in [5.41, 5.74) is 0. The topological polar surface area (TPSA) is 124 Å². The van der Waals surface area contributed by atoms with Crippen molar-refractivity contribution < 1.29 is 28.0 Å². The van der Waals surface area contributed by atoms with Gasteiger partial charge in [0.15, 0.2) is 0 Å². The molecule has 0 aromatic rings. The molecule has 0 aliphatic heterocycles. The fourth-order valence-electron chi connectivity index (χ4n) is 5.87. The van der Waals surface area contributed by atoms with Crippen molar-refractivity contribution in [3.8, 4) is 0 Å². The van der Waals surface area contributed by atoms with E-state index in [1.165, 1.54) is 134 Å². The van der Waals surface area contributed by atoms with E-state index in [4.69, 9.17) is 0 Å². The van der Waals surface area contributed by atoms with Crippen molar-refractivity contribution in [2.75, 3.05) is 5.75 Å². The van der Waals surface area contributed by atoms with Crippen LogP contribution in [0.15, 0.2) is 12.2 Å². The number of amides is 1. The highest BCUT2D eigenvalue weighted by Crippen LogP contribution is 2.15. The Labute approximate surface area is 278 Å². The minimum Gasteiger partial charge on any atom is -0.387 e. The third-order valence-electron chi connectivity index (χ3n) is 8.82. The first-order valence-electron chi connectivity index (χ1n) is 19.0. The summed E-state index contributed by atoms with van der Waals surface area (Å²) in [6.45, 7) is 4.48. The highest BCUT2D eigenvalue weighted by atomic mass is 32.2. The Bertz CT molecular complexity index is 788. The van der Waals surface area contributed by atoms with Crippen molar-refractivity contribution >= 4 is 16.0 Å². The van der Waals surface area contributed by atoms with Crippen LogP contribution in [-0.2, 0) is 14.9 Å². The van der Waals surface area contributed by atoms with Crippen molar-refractivity contribution in [3.63, 3.8) is 0 Å². The van der Waals surface area contributed by atoms with E-state index in [-0.39, 0.29) is 6.42 Å². The average Bonchev–Trinajstić information content (AvgIpc) is 3.00. The summed E-state index contributed by atoms with van der Waals surface area (Å²) in [7, 11) is -4.43. The first-order chi connectivity index (χ1) is 21.7. The molecule has 3 atom stereocenters. The molecule has 0 aromatic heterocycles. The van der Waals surface area contributed by atoms with Gasteiger partial charge in [-0.15, -0.1) is 0 Å². The monoisotopic (exact) mass is 660 g/mol. The summed E-state index contributed by atoms with van der Waals surface area (Å²) in [5.74, 6) is -1.53. The molecular weight excluding hydrogens is 586 g/mol. The van der Waals surface area contributed by atoms with Crippen molar-refractivity contribution in [2.45, 2.75) is 212 Å². The fourth-order valence-corrected chi connectivity index (χ4v) is 6.60. The minimum atomic E-state index is -4.43. The lowest BCUT2D eigenvalue weighted by molar-refractivity contribution is -0.130. The van der Waals surface area contributed by atoms with Gasteiger partial charge in [0.2, 0.25) is 5.91 Å². The third kappa shape index (κ3) is 31.4. The van der Waals surface area contributed by atoms with Crippen LogP contribution in [0.4, 0.5) is 0 Å². The van der Waals surface area contributed by atoms with Gasteiger partial charge < -0.3 is 15.5 Å². The van der Waals surface area contributed by atoms with Crippen LogP contribution < -0.4 is 5.32 Å². The second-order valence-corrected chi connectivity index (χ2v) is 14.9. The van der Waals surface area contributed by atoms with E-state index in [0.29, 0.717) is 6.42 Å². The van der Waals surface area contributed by atoms with Gasteiger partial charge in [-0.25, -0.2) is 0 Å². The molecule has 0 aliphatic rings. The molecule has 268 valence electrons. The van der Waals surface area contributed by atoms with Gasteiger partial charge >= 0.3 is 0 Å². The number of carbonyl (C=O) groups is 1. The van der Waals surface area contributed by atoms with E-state index in [1.54, 1.807) is 6.08 Å². The number of aliphatic hydroxyl groups is 2. The normalized spacial score (nSPS) is 14.2. The zero-order valence-electron chi connectivity index (χ0n) is 29.4. The van der Waals surface area contributed by atoms with Gasteiger partial charge in [-0.2, -0.15) is 8.42 Å². The maximum atomic E-state index is 12.5. The Hall–Kier alpha value is -0.960. The van der Waals surface area contributed by atoms with Crippen LogP contribution in [0, 0.1) is 0 Å². The quantitative estimate of drug-likeness (QED) is 0.0310. The van der Waals surface area contributed by atoms with E-state index in [1.807, 2.05) is 0 Å². The van der Waals surface area contributed by atoms with Crippen molar-refractivity contribution in [1.29, 1.82) is 0 Å². The Kier molecular flexibility index (Phi) is 31.0. The number of rotatable bonds is 34. The maximum Gasteiger partial charge on any atom is 0.267 e. The number of nitrogens with one attached hydrogen (secondary N) is 1. The smallest absolute Gasteiger partial charge is 0.267 e. The van der Waals surface area contributed by atoms with Gasteiger partial charge in [-0.05, 0) is 19.3 Å². The van der Waals surface area contributed by atoms with Crippen molar-refractivity contribution in [2.24, 2.45) is 0 Å². The summed E-state index contributed by atoms with van der Waals surface area (Å²) >= 11 is 0. The molecule has 0 aliphatic carbocycles. The van der Waals surface area contributed by atoms with E-state index in [9.17, 15) is 28.0 Å². The van der Waals surface area contributed by atoms with Gasteiger partial charge in [0.05, 0.1) is 17.9 Å². The highest BCUT2D eigenvalue weighted by Gasteiger charge is 2.27. The predicted octanol–water partition coefficient (Wildman–Crippen LogP) is 9.60. The van der Waals surface area contributed by atoms with Gasteiger partial charge in [0.1, 0.15) is 6.10 Å². The first kappa shape index (κ1) is 44.0. The Morgan fingerprint density at radius 2 is 0.956 bits per heavy atom. The summed E-state index contributed by atoms with van der Waals surface area (Å²) in [6, 6.07) is -1.23. The predicted molar refractivity (Wildman–Crippen MR) is 190 cm³/mol. The lowest BCUT2D eigenvalue weighted by atomic mass is 10.0. The molecule has 3 unspecified atom stereocenters. The van der Waals surface area contributed by atoms with Crippen LogP contribution in [0.3, 0.4) is 0 Å². The molecule has 0 heterocycles. The van der Waals surface area contributed by atoms with Crippen molar-refractivity contribution in [3.05, 3.63) is 12.2 Å². The number of hydrogen-bond acceptors (Lipinski definition) is 5. The van der Waals surface area contributed by atoms with Gasteiger partial charge in [0, 0.05) is 0 Å². The highest BCUT2D eigenvalue weighted by molar-refractivity contribution is 7.85. The van der Waals surface area contributed by atoms with E-state index < -0.39 is 40.0 Å². The molecule has 8 heteroatoms. The lowest BCUT2D eigenvalue weighted by Gasteiger charge is -2.22. The summed E-state index contributed by atoms with van der Waals surface area (Å²) < 4.78 is 32.4. The molecule has 0 rings (SSSR count). The molecule has 1 amide bonds. The number of carbonyl (C=O) groups excluding carboxylic acids is 1. The summed E-state index contributed by atoms with van der Waals surface area (Å²) in [4.78, 5) is 12.5. The third-order valence-corrected chi connectivity index (χ3v) is 9.60. The number of allylic oxidation sites excluding steroid dienone is 1. The summed E-state index contributed by atoms with van der Waals surface area (Å²) in [5, 5.41) is 23.3. The standard InChI is InChI=1S/C37H73NO6S/c1-3-5-7-9-11-13-15-16-17-18-19-20-22-23-25-27-29-31-35(39)34(33-45(42,43)44)38-37(41)36(40)32-30-28-26-24-21-14-12-10-8-6-4-2/h29,31,34-36,39-40H,3-28,30,32-33H2,1-2H3,(H,38,41)(H,42,43,44)/b31-29+.